The van der Waals surface area contributed by atoms with E-state index in [9.17, 15) is 35.4 Å². The van der Waals surface area contributed by atoms with Crippen molar-refractivity contribution in [1.82, 2.24) is 4.90 Å². The SMILES string of the molecule is CC[C@H]1OC(=O)[C@H](CO)[C@@H](OC2CC(C)(OC)C(O)C(C)O2)[C@H](C)[C@@H](OC2OC(C)CC(N(C)C)C2O)[C@](C)(O)C[C@@H](C)/C(=N\OCOCCOC)[C@H](C)[C@@H](O)[C@]1(C)O. The van der Waals surface area contributed by atoms with Crippen molar-refractivity contribution in [2.24, 2.45) is 28.8 Å². The topological polar surface area (TPSA) is 237 Å². The van der Waals surface area contributed by atoms with Gasteiger partial charge in [0.05, 0.1) is 67.3 Å². The smallest absolute Gasteiger partial charge is 0.314 e. The third kappa shape index (κ3) is 12.5. The zero-order chi connectivity index (χ0) is 44.6. The van der Waals surface area contributed by atoms with Crippen molar-refractivity contribution in [3.05, 3.63) is 0 Å². The van der Waals surface area contributed by atoms with Crippen molar-refractivity contribution < 1.29 is 78.2 Å². The van der Waals surface area contributed by atoms with Gasteiger partial charge in [0.25, 0.3) is 0 Å². The lowest BCUT2D eigenvalue weighted by Crippen LogP contribution is -2.61. The van der Waals surface area contributed by atoms with Gasteiger partial charge in [-0.15, -0.1) is 0 Å². The first-order valence-electron chi connectivity index (χ1n) is 20.9. The number of ether oxygens (including phenoxy) is 8. The number of carbonyl (C=O) groups is 1. The molecule has 8 unspecified atom stereocenters. The molecule has 3 aliphatic heterocycles. The minimum atomic E-state index is -2.05. The minimum absolute atomic E-state index is 0.0161. The molecule has 0 amide bonds. The molecular formula is C41H76N2O16. The molecule has 0 bridgehead atoms. The molecule has 346 valence electrons. The molecule has 18 heteroatoms. The molecule has 0 aliphatic carbocycles. The molecular weight excluding hydrogens is 776 g/mol. The molecule has 3 saturated heterocycles. The molecule has 3 rings (SSSR count). The van der Waals surface area contributed by atoms with Crippen LogP contribution in [-0.2, 0) is 47.5 Å². The fraction of sp³-hybridized carbons (Fsp3) is 0.951. The lowest BCUT2D eigenvalue weighted by Gasteiger charge is -2.49. The highest BCUT2D eigenvalue weighted by atomic mass is 16.7. The lowest BCUT2D eigenvalue weighted by atomic mass is 9.73. The van der Waals surface area contributed by atoms with E-state index < -0.39 is 108 Å². The molecule has 0 saturated carbocycles. The summed E-state index contributed by atoms with van der Waals surface area (Å²) in [6.45, 7) is 14.4. The van der Waals surface area contributed by atoms with Crippen LogP contribution in [-0.4, -0.2) is 186 Å². The molecule has 3 fully saturated rings. The Bertz CT molecular complexity index is 1320. The van der Waals surface area contributed by atoms with Gasteiger partial charge in [-0.2, -0.15) is 0 Å². The average molecular weight is 853 g/mol. The number of rotatable bonds is 14. The van der Waals surface area contributed by atoms with Gasteiger partial charge in [0.1, 0.15) is 29.8 Å². The highest BCUT2D eigenvalue weighted by molar-refractivity contribution is 5.88. The maximum Gasteiger partial charge on any atom is 0.314 e. The molecule has 0 aromatic heterocycles. The van der Waals surface area contributed by atoms with E-state index in [1.54, 1.807) is 41.5 Å². The summed E-state index contributed by atoms with van der Waals surface area (Å²) in [4.78, 5) is 21.8. The number of hydrogen-bond donors (Lipinski definition) is 6. The lowest BCUT2D eigenvalue weighted by molar-refractivity contribution is -0.318. The van der Waals surface area contributed by atoms with Gasteiger partial charge in [0, 0.05) is 44.4 Å². The van der Waals surface area contributed by atoms with E-state index in [1.807, 2.05) is 25.9 Å². The predicted molar refractivity (Wildman–Crippen MR) is 214 cm³/mol. The van der Waals surface area contributed by atoms with Gasteiger partial charge >= 0.3 is 5.97 Å². The summed E-state index contributed by atoms with van der Waals surface area (Å²) in [5.41, 5.74) is -4.76. The second-order valence-electron chi connectivity index (χ2n) is 17.7. The van der Waals surface area contributed by atoms with Crippen LogP contribution in [0.3, 0.4) is 0 Å². The van der Waals surface area contributed by atoms with Crippen LogP contribution in [0.5, 0.6) is 0 Å². The van der Waals surface area contributed by atoms with E-state index in [2.05, 4.69) is 5.16 Å². The molecule has 3 heterocycles. The normalized spacial score (nSPS) is 45.3. The number of aliphatic hydroxyl groups excluding tert-OH is 4. The van der Waals surface area contributed by atoms with Crippen molar-refractivity contribution in [3.8, 4) is 0 Å². The first kappa shape index (κ1) is 51.7. The maximum absolute atomic E-state index is 14.4. The average Bonchev–Trinajstić information content (AvgIpc) is 3.16. The fourth-order valence-corrected chi connectivity index (χ4v) is 8.98. The fourth-order valence-electron chi connectivity index (χ4n) is 8.98. The number of cyclic esters (lactones) is 1. The van der Waals surface area contributed by atoms with E-state index >= 15 is 0 Å². The number of likely N-dealkylation sites (N-methyl/N-ethyl adjacent to an activating group) is 1. The summed E-state index contributed by atoms with van der Waals surface area (Å²) in [6, 6.07) is -0.368. The predicted octanol–water partition coefficient (Wildman–Crippen LogP) is 1.18. The van der Waals surface area contributed by atoms with Crippen LogP contribution in [0.15, 0.2) is 5.16 Å². The van der Waals surface area contributed by atoms with Crippen LogP contribution in [0, 0.1) is 23.7 Å². The molecule has 18 nitrogen and oxygen atoms in total. The zero-order valence-corrected chi connectivity index (χ0v) is 37.5. The van der Waals surface area contributed by atoms with Crippen molar-refractivity contribution in [1.29, 1.82) is 0 Å². The van der Waals surface area contributed by atoms with Gasteiger partial charge in [-0.1, -0.05) is 32.9 Å². The first-order chi connectivity index (χ1) is 27.5. The van der Waals surface area contributed by atoms with Crippen LogP contribution < -0.4 is 0 Å². The Morgan fingerprint density at radius 2 is 1.59 bits per heavy atom. The summed E-state index contributed by atoms with van der Waals surface area (Å²) in [7, 11) is 6.67. The van der Waals surface area contributed by atoms with E-state index in [0.717, 1.165) is 0 Å². The van der Waals surface area contributed by atoms with Crippen molar-refractivity contribution in [2.75, 3.05) is 54.9 Å². The molecule has 18 atom stereocenters. The molecule has 3 aliphatic rings. The van der Waals surface area contributed by atoms with Crippen molar-refractivity contribution in [2.45, 2.75) is 172 Å². The number of hydrogen-bond acceptors (Lipinski definition) is 18. The van der Waals surface area contributed by atoms with Gasteiger partial charge in [0.2, 0.25) is 6.79 Å². The van der Waals surface area contributed by atoms with Crippen LogP contribution in [0.4, 0.5) is 0 Å². The van der Waals surface area contributed by atoms with Gasteiger partial charge in [-0.05, 0) is 68.0 Å². The van der Waals surface area contributed by atoms with Gasteiger partial charge in [-0.3, -0.25) is 4.79 Å². The van der Waals surface area contributed by atoms with Crippen LogP contribution in [0.25, 0.3) is 0 Å². The summed E-state index contributed by atoms with van der Waals surface area (Å²) < 4.78 is 47.9. The summed E-state index contributed by atoms with van der Waals surface area (Å²) in [5.74, 6) is -5.00. The summed E-state index contributed by atoms with van der Waals surface area (Å²) >= 11 is 0. The van der Waals surface area contributed by atoms with Crippen LogP contribution >= 0.6 is 0 Å². The quantitative estimate of drug-likeness (QED) is 0.0623. The molecule has 0 spiro atoms. The maximum atomic E-state index is 14.4. The number of nitrogens with zero attached hydrogens (tertiary/aromatic N) is 2. The highest BCUT2D eigenvalue weighted by Gasteiger charge is 2.54. The Morgan fingerprint density at radius 1 is 0.932 bits per heavy atom. The van der Waals surface area contributed by atoms with Gasteiger partial charge in [0.15, 0.2) is 12.6 Å². The van der Waals surface area contributed by atoms with Crippen LogP contribution in [0.1, 0.15) is 88.0 Å². The number of methoxy groups -OCH3 is 2. The van der Waals surface area contributed by atoms with E-state index in [-0.39, 0.29) is 50.5 Å². The number of aliphatic hydroxyl groups is 6. The van der Waals surface area contributed by atoms with E-state index in [4.69, 9.17) is 42.7 Å². The summed E-state index contributed by atoms with van der Waals surface area (Å²) in [6.07, 6.45) is -10.6. The molecule has 0 radical (unpaired) electrons. The standard InChI is InChI=1S/C41H76N2O16/c1-14-29-41(9,50)34(46)24(4)31(42-54-21-53-16-15-51-12)22(2)18-39(7,49)36(59-38-32(45)28(43(10)11)17-23(3)55-38)25(5)33(27(20-44)37(48)57-29)58-30-19-40(8,52-13)35(47)26(6)56-30/h22-30,32-36,38,44-47,49-50H,14-21H2,1-13H3/b42-31+/t22-,23?,24+,25+,26?,27-,28?,29-,30?,32?,33+,34-,35?,36-,38?,39-,40?,41-/m1/s1. The van der Waals surface area contributed by atoms with Crippen molar-refractivity contribution >= 4 is 11.7 Å². The van der Waals surface area contributed by atoms with Crippen molar-refractivity contribution in [3.63, 3.8) is 0 Å². The van der Waals surface area contributed by atoms with Gasteiger partial charge < -0.3 is 78.3 Å². The number of esters is 1. The monoisotopic (exact) mass is 853 g/mol. The first-order valence-corrected chi connectivity index (χ1v) is 20.9. The summed E-state index contributed by atoms with van der Waals surface area (Å²) in [5, 5.41) is 74.6. The minimum Gasteiger partial charge on any atom is -0.459 e. The third-order valence-electron chi connectivity index (χ3n) is 12.6. The highest BCUT2D eigenvalue weighted by Crippen LogP contribution is 2.41. The molecule has 0 aromatic carbocycles. The zero-order valence-electron chi connectivity index (χ0n) is 37.5. The molecule has 6 N–H and O–H groups in total. The Morgan fingerprint density at radius 3 is 2.17 bits per heavy atom. The van der Waals surface area contributed by atoms with E-state index in [1.165, 1.54) is 28.1 Å². The molecule has 0 aromatic rings. The third-order valence-corrected chi connectivity index (χ3v) is 12.6. The van der Waals surface area contributed by atoms with E-state index in [0.29, 0.717) is 13.0 Å². The second-order valence-corrected chi connectivity index (χ2v) is 17.7. The largest absolute Gasteiger partial charge is 0.459 e. The Balaban J connectivity index is 2.26. The van der Waals surface area contributed by atoms with Gasteiger partial charge in [-0.25, -0.2) is 0 Å². The Labute approximate surface area is 350 Å². The second kappa shape index (κ2) is 22.1. The molecule has 59 heavy (non-hydrogen) atoms. The number of oxime groups is 1. The Kier molecular flexibility index (Phi) is 19.4. The number of carbonyl (C=O) groups excluding carboxylic acids is 1. The Hall–Kier alpha value is -1.62. The van der Waals surface area contributed by atoms with Crippen LogP contribution in [0.2, 0.25) is 0 Å².